The Morgan fingerprint density at radius 3 is 2.45 bits per heavy atom. The minimum atomic E-state index is -0.438. The molecule has 2 rings (SSSR count). The van der Waals surface area contributed by atoms with E-state index in [0.29, 0.717) is 5.69 Å². The summed E-state index contributed by atoms with van der Waals surface area (Å²) in [6, 6.07) is 13.3. The first-order valence-corrected chi connectivity index (χ1v) is 7.42. The van der Waals surface area contributed by atoms with E-state index in [9.17, 15) is 9.18 Å². The van der Waals surface area contributed by atoms with Gasteiger partial charge in [-0.15, -0.1) is 0 Å². The maximum atomic E-state index is 13.0. The molecule has 3 nitrogen and oxygen atoms in total. The van der Waals surface area contributed by atoms with Crippen LogP contribution in [0, 0.1) is 5.82 Å². The largest absolute Gasteiger partial charge is 0.323 e. The smallest absolute Gasteiger partial charge is 0.241 e. The molecule has 0 saturated carbocycles. The van der Waals surface area contributed by atoms with Gasteiger partial charge in [-0.05, 0) is 37.6 Å². The van der Waals surface area contributed by atoms with Crippen molar-refractivity contribution >= 4 is 23.2 Å². The van der Waals surface area contributed by atoms with Crippen molar-refractivity contribution in [1.82, 2.24) is 5.32 Å². The van der Waals surface area contributed by atoms with Crippen molar-refractivity contribution in [1.29, 1.82) is 0 Å². The minimum absolute atomic E-state index is 0.0330. The lowest BCUT2D eigenvalue weighted by atomic mass is 10.1. The summed E-state index contributed by atoms with van der Waals surface area (Å²) in [7, 11) is 0. The lowest BCUT2D eigenvalue weighted by molar-refractivity contribution is -0.117. The predicted molar refractivity (Wildman–Crippen MR) is 87.5 cm³/mol. The summed E-state index contributed by atoms with van der Waals surface area (Å²) in [5, 5.41) is 6.09. The molecule has 0 fully saturated rings. The van der Waals surface area contributed by atoms with Crippen molar-refractivity contribution in [2.45, 2.75) is 25.9 Å². The number of carbonyl (C=O) groups excluding carboxylic acids is 1. The second kappa shape index (κ2) is 7.38. The zero-order valence-corrected chi connectivity index (χ0v) is 13.2. The SMILES string of the molecule is C[C@H](N[C@H](C)c1ccccc1)C(=O)Nc1ccc(F)cc1Cl. The highest BCUT2D eigenvalue weighted by Crippen LogP contribution is 2.22. The van der Waals surface area contributed by atoms with Gasteiger partial charge in [0.05, 0.1) is 16.8 Å². The van der Waals surface area contributed by atoms with Crippen LogP contribution in [0.15, 0.2) is 48.5 Å². The minimum Gasteiger partial charge on any atom is -0.323 e. The molecular formula is C17H18ClFN2O. The zero-order valence-electron chi connectivity index (χ0n) is 12.4. The fraction of sp³-hybridized carbons (Fsp3) is 0.235. The van der Waals surface area contributed by atoms with Gasteiger partial charge in [-0.3, -0.25) is 10.1 Å². The van der Waals surface area contributed by atoms with Gasteiger partial charge in [0.2, 0.25) is 5.91 Å². The second-order valence-electron chi connectivity index (χ2n) is 5.13. The summed E-state index contributed by atoms with van der Waals surface area (Å²) in [5.74, 6) is -0.664. The van der Waals surface area contributed by atoms with Crippen LogP contribution in [0.1, 0.15) is 25.5 Å². The van der Waals surface area contributed by atoms with Crippen LogP contribution >= 0.6 is 11.6 Å². The van der Waals surface area contributed by atoms with E-state index < -0.39 is 11.9 Å². The zero-order chi connectivity index (χ0) is 16.1. The second-order valence-corrected chi connectivity index (χ2v) is 5.54. The van der Waals surface area contributed by atoms with Crippen LogP contribution in [0.4, 0.5) is 10.1 Å². The molecule has 2 N–H and O–H groups in total. The third kappa shape index (κ3) is 4.29. The van der Waals surface area contributed by atoms with E-state index in [1.165, 1.54) is 18.2 Å². The first kappa shape index (κ1) is 16.5. The van der Waals surface area contributed by atoms with Gasteiger partial charge >= 0.3 is 0 Å². The van der Waals surface area contributed by atoms with E-state index in [1.807, 2.05) is 37.3 Å². The van der Waals surface area contributed by atoms with E-state index in [2.05, 4.69) is 10.6 Å². The molecule has 5 heteroatoms. The van der Waals surface area contributed by atoms with E-state index in [-0.39, 0.29) is 17.0 Å². The van der Waals surface area contributed by atoms with Gasteiger partial charge in [0.25, 0.3) is 0 Å². The highest BCUT2D eigenvalue weighted by atomic mass is 35.5. The van der Waals surface area contributed by atoms with Gasteiger partial charge in [0.1, 0.15) is 5.82 Å². The topological polar surface area (TPSA) is 41.1 Å². The van der Waals surface area contributed by atoms with Crippen LogP contribution in [-0.2, 0) is 4.79 Å². The first-order valence-electron chi connectivity index (χ1n) is 7.04. The Bertz CT molecular complexity index is 648. The van der Waals surface area contributed by atoms with Crippen molar-refractivity contribution < 1.29 is 9.18 Å². The van der Waals surface area contributed by atoms with Gasteiger partial charge in [-0.1, -0.05) is 41.9 Å². The van der Waals surface area contributed by atoms with Crippen LogP contribution in [0.5, 0.6) is 0 Å². The van der Waals surface area contributed by atoms with Crippen molar-refractivity contribution in [2.24, 2.45) is 0 Å². The number of amides is 1. The summed E-state index contributed by atoms with van der Waals surface area (Å²) in [6.07, 6.45) is 0. The maximum absolute atomic E-state index is 13.0. The molecule has 0 heterocycles. The van der Waals surface area contributed by atoms with Crippen molar-refractivity contribution in [3.05, 3.63) is 64.9 Å². The molecule has 22 heavy (non-hydrogen) atoms. The molecule has 2 aromatic rings. The molecule has 2 atom stereocenters. The number of anilines is 1. The highest BCUT2D eigenvalue weighted by molar-refractivity contribution is 6.33. The lowest BCUT2D eigenvalue weighted by Crippen LogP contribution is -2.39. The molecule has 0 aliphatic rings. The van der Waals surface area contributed by atoms with E-state index in [1.54, 1.807) is 6.92 Å². The average molecular weight is 321 g/mol. The Kier molecular flexibility index (Phi) is 5.52. The van der Waals surface area contributed by atoms with Gasteiger partial charge in [-0.2, -0.15) is 0 Å². The molecule has 0 unspecified atom stereocenters. The van der Waals surface area contributed by atoms with E-state index >= 15 is 0 Å². The van der Waals surface area contributed by atoms with Crippen LogP contribution in [0.2, 0.25) is 5.02 Å². The van der Waals surface area contributed by atoms with Gasteiger partial charge in [-0.25, -0.2) is 4.39 Å². The Labute approximate surface area is 134 Å². The summed E-state index contributed by atoms with van der Waals surface area (Å²) in [5.41, 5.74) is 1.50. The summed E-state index contributed by atoms with van der Waals surface area (Å²) < 4.78 is 13.0. The predicted octanol–water partition coefficient (Wildman–Crippen LogP) is 4.16. The number of benzene rings is 2. The van der Waals surface area contributed by atoms with E-state index in [0.717, 1.165) is 5.56 Å². The van der Waals surface area contributed by atoms with Gasteiger partial charge < -0.3 is 5.32 Å². The maximum Gasteiger partial charge on any atom is 0.241 e. The highest BCUT2D eigenvalue weighted by Gasteiger charge is 2.17. The molecule has 0 radical (unpaired) electrons. The van der Waals surface area contributed by atoms with Crippen molar-refractivity contribution in [3.63, 3.8) is 0 Å². The standard InChI is InChI=1S/C17H18ClFN2O/c1-11(13-6-4-3-5-7-13)20-12(2)17(22)21-16-9-8-14(19)10-15(16)18/h3-12,20H,1-2H3,(H,21,22)/t11-,12+/m1/s1. The molecule has 2 aromatic carbocycles. The normalized spacial score (nSPS) is 13.5. The number of hydrogen-bond acceptors (Lipinski definition) is 2. The number of nitrogens with one attached hydrogen (secondary N) is 2. The van der Waals surface area contributed by atoms with Crippen LogP contribution in [0.3, 0.4) is 0 Å². The number of carbonyl (C=O) groups is 1. The molecule has 1 amide bonds. The van der Waals surface area contributed by atoms with Crippen LogP contribution in [0.25, 0.3) is 0 Å². The number of hydrogen-bond donors (Lipinski definition) is 2. The van der Waals surface area contributed by atoms with Gasteiger partial charge in [0.15, 0.2) is 0 Å². The third-order valence-electron chi connectivity index (χ3n) is 3.38. The summed E-state index contributed by atoms with van der Waals surface area (Å²) >= 11 is 5.90. The molecular weight excluding hydrogens is 303 g/mol. The Morgan fingerprint density at radius 1 is 1.14 bits per heavy atom. The fourth-order valence-corrected chi connectivity index (χ4v) is 2.33. The third-order valence-corrected chi connectivity index (χ3v) is 3.69. The van der Waals surface area contributed by atoms with Crippen LogP contribution in [-0.4, -0.2) is 11.9 Å². The first-order chi connectivity index (χ1) is 10.5. The molecule has 0 aliphatic carbocycles. The summed E-state index contributed by atoms with van der Waals surface area (Å²) in [4.78, 5) is 12.2. The Balaban J connectivity index is 1.97. The number of halogens is 2. The molecule has 116 valence electrons. The Morgan fingerprint density at radius 2 is 1.82 bits per heavy atom. The van der Waals surface area contributed by atoms with E-state index in [4.69, 9.17) is 11.6 Å². The molecule has 0 aliphatic heterocycles. The monoisotopic (exact) mass is 320 g/mol. The van der Waals surface area contributed by atoms with Crippen molar-refractivity contribution in [2.75, 3.05) is 5.32 Å². The quantitative estimate of drug-likeness (QED) is 0.868. The molecule has 0 bridgehead atoms. The fourth-order valence-electron chi connectivity index (χ4n) is 2.12. The molecule has 0 saturated heterocycles. The average Bonchev–Trinajstić information content (AvgIpc) is 2.50. The number of rotatable bonds is 5. The van der Waals surface area contributed by atoms with Crippen LogP contribution < -0.4 is 10.6 Å². The lowest BCUT2D eigenvalue weighted by Gasteiger charge is -2.20. The van der Waals surface area contributed by atoms with Gasteiger partial charge in [0, 0.05) is 6.04 Å². The van der Waals surface area contributed by atoms with Crippen molar-refractivity contribution in [3.8, 4) is 0 Å². The molecule has 0 spiro atoms. The summed E-state index contributed by atoms with van der Waals surface area (Å²) in [6.45, 7) is 3.76. The Hall–Kier alpha value is -1.91. The molecule has 0 aromatic heterocycles.